The van der Waals surface area contributed by atoms with Crippen molar-refractivity contribution in [1.29, 1.82) is 0 Å². The lowest BCUT2D eigenvalue weighted by molar-refractivity contribution is 1.78. The van der Waals surface area contributed by atoms with Gasteiger partial charge in [0.05, 0.1) is 0 Å². The van der Waals surface area contributed by atoms with Crippen molar-refractivity contribution in [2.75, 3.05) is 0 Å². The first-order valence-corrected chi connectivity index (χ1v) is 10.0. The fraction of sp³-hybridized carbons (Fsp3) is 0. The minimum absolute atomic E-state index is 1.30. The molecule has 5 aromatic carbocycles. The Morgan fingerprint density at radius 3 is 0.889 bits per heavy atom. The van der Waals surface area contributed by atoms with Gasteiger partial charge >= 0.3 is 0 Å². The lowest BCUT2D eigenvalue weighted by Crippen LogP contribution is -1.80. The molecule has 0 bridgehead atoms. The molecule has 6 rings (SSSR count). The van der Waals surface area contributed by atoms with E-state index in [1.165, 1.54) is 43.1 Å². The molecule has 1 aromatic heterocycles. The van der Waals surface area contributed by atoms with Crippen LogP contribution >= 0.6 is 11.3 Å². The highest BCUT2D eigenvalue weighted by molar-refractivity contribution is 7.07. The molecule has 6 aromatic rings. The van der Waals surface area contributed by atoms with Gasteiger partial charge in [0.15, 0.2) is 0 Å². The summed E-state index contributed by atoms with van der Waals surface area (Å²) < 4.78 is 0. The predicted molar refractivity (Wildman–Crippen MR) is 121 cm³/mol. The van der Waals surface area contributed by atoms with E-state index >= 15 is 0 Å². The first-order chi connectivity index (χ1) is 13.4. The zero-order chi connectivity index (χ0) is 18.1. The molecule has 0 nitrogen and oxygen atoms in total. The van der Waals surface area contributed by atoms with Crippen molar-refractivity contribution >= 4 is 54.4 Å². The van der Waals surface area contributed by atoms with Gasteiger partial charge in [-0.25, -0.2) is 0 Å². The normalized spacial score (nSPS) is 11.0. The van der Waals surface area contributed by atoms with E-state index in [-0.39, 0.29) is 0 Å². The average molecular weight is 362 g/mol. The second-order valence-electron chi connectivity index (χ2n) is 6.74. The van der Waals surface area contributed by atoms with Crippen molar-refractivity contribution < 1.29 is 0 Å². The smallest absolute Gasteiger partial charge is 0.00934 e. The van der Waals surface area contributed by atoms with Gasteiger partial charge in [0.25, 0.3) is 0 Å². The third kappa shape index (κ3) is 3.18. The Hall–Kier alpha value is -3.16. The lowest BCUT2D eigenvalue weighted by Gasteiger charge is -2.07. The van der Waals surface area contributed by atoms with Crippen molar-refractivity contribution in [1.82, 2.24) is 0 Å². The molecule has 128 valence electrons. The van der Waals surface area contributed by atoms with Crippen LogP contribution in [0.4, 0.5) is 0 Å². The maximum atomic E-state index is 2.31. The highest BCUT2D eigenvalue weighted by atomic mass is 32.1. The summed E-state index contributed by atoms with van der Waals surface area (Å²) in [4.78, 5) is 0. The van der Waals surface area contributed by atoms with Crippen LogP contribution in [0.5, 0.6) is 0 Å². The van der Waals surface area contributed by atoms with Gasteiger partial charge in [-0.15, -0.1) is 0 Å². The number of hydrogen-bond donors (Lipinski definition) is 0. The molecular weight excluding hydrogens is 344 g/mol. The Morgan fingerprint density at radius 2 is 0.630 bits per heavy atom. The van der Waals surface area contributed by atoms with Crippen molar-refractivity contribution in [3.63, 3.8) is 0 Å². The number of fused-ring (bicyclic) bond motifs is 4. The molecule has 0 aliphatic carbocycles. The van der Waals surface area contributed by atoms with Crippen molar-refractivity contribution in [2.45, 2.75) is 0 Å². The van der Waals surface area contributed by atoms with Crippen LogP contribution in [0.15, 0.2) is 108 Å². The number of rotatable bonds is 0. The van der Waals surface area contributed by atoms with Crippen molar-refractivity contribution in [2.24, 2.45) is 0 Å². The van der Waals surface area contributed by atoms with Crippen LogP contribution in [0, 0.1) is 0 Å². The molecule has 0 aliphatic rings. The summed E-state index contributed by atoms with van der Waals surface area (Å²) in [6, 6.07) is 34.9. The van der Waals surface area contributed by atoms with Crippen molar-refractivity contribution in [3.05, 3.63) is 108 Å². The highest BCUT2D eigenvalue weighted by Crippen LogP contribution is 2.29. The molecule has 0 N–H and O–H groups in total. The molecule has 1 heterocycles. The molecular formula is C26H18S. The summed E-state index contributed by atoms with van der Waals surface area (Å²) in [6.07, 6.45) is 0. The maximum Gasteiger partial charge on any atom is -0.00934 e. The molecule has 0 amide bonds. The topological polar surface area (TPSA) is 0 Å². The standard InChI is InChI=1S/C22H14.C4H4S/c1-2-6-16-10-20-14-22-12-18-8-4-3-7-17(18)11-21(22)13-19(20)9-15(16)5-1;1-2-4-5-3-1/h1-14H;1-4H. The Bertz CT molecular complexity index is 1160. The first kappa shape index (κ1) is 16.0. The molecule has 0 fully saturated rings. The lowest BCUT2D eigenvalue weighted by atomic mass is 9.97. The molecule has 27 heavy (non-hydrogen) atoms. The zero-order valence-corrected chi connectivity index (χ0v) is 15.6. The molecule has 0 saturated carbocycles. The fourth-order valence-electron chi connectivity index (χ4n) is 3.61. The molecule has 0 saturated heterocycles. The Morgan fingerprint density at radius 1 is 0.333 bits per heavy atom. The minimum atomic E-state index is 1.30. The second-order valence-corrected chi connectivity index (χ2v) is 7.55. The van der Waals surface area contributed by atoms with Crippen LogP contribution in [0.2, 0.25) is 0 Å². The molecule has 0 aliphatic heterocycles. The number of hydrogen-bond acceptors (Lipinski definition) is 1. The quantitative estimate of drug-likeness (QED) is 0.240. The SMILES string of the molecule is c1ccc2cc3cc4cc5ccccc5cc4cc3cc2c1.c1ccsc1. The Kier molecular flexibility index (Phi) is 4.08. The Balaban J connectivity index is 0.000000280. The van der Waals surface area contributed by atoms with E-state index in [0.29, 0.717) is 0 Å². The van der Waals surface area contributed by atoms with Crippen LogP contribution in [0.3, 0.4) is 0 Å². The largest absolute Gasteiger partial charge is 0.152 e. The van der Waals surface area contributed by atoms with Gasteiger partial charge in [0.1, 0.15) is 0 Å². The molecule has 0 atom stereocenters. The van der Waals surface area contributed by atoms with Crippen LogP contribution in [-0.4, -0.2) is 0 Å². The van der Waals surface area contributed by atoms with E-state index in [1.54, 1.807) is 11.3 Å². The average Bonchev–Trinajstić information content (AvgIpc) is 3.29. The van der Waals surface area contributed by atoms with Crippen molar-refractivity contribution in [3.8, 4) is 0 Å². The maximum absolute atomic E-state index is 2.31. The predicted octanol–water partition coefficient (Wildman–Crippen LogP) is 8.05. The van der Waals surface area contributed by atoms with Crippen LogP contribution in [-0.2, 0) is 0 Å². The summed E-state index contributed by atoms with van der Waals surface area (Å²) >= 11 is 1.71. The van der Waals surface area contributed by atoms with Crippen LogP contribution in [0.25, 0.3) is 43.1 Å². The summed E-state index contributed by atoms with van der Waals surface area (Å²) in [6.45, 7) is 0. The van der Waals surface area contributed by atoms with Gasteiger partial charge in [0, 0.05) is 0 Å². The summed E-state index contributed by atoms with van der Waals surface area (Å²) in [5, 5.41) is 14.5. The highest BCUT2D eigenvalue weighted by Gasteiger charge is 2.02. The van der Waals surface area contributed by atoms with E-state index in [0.717, 1.165) is 0 Å². The minimum Gasteiger partial charge on any atom is -0.152 e. The fourth-order valence-corrected chi connectivity index (χ4v) is 4.07. The molecule has 0 spiro atoms. The van der Waals surface area contributed by atoms with E-state index in [2.05, 4.69) is 84.9 Å². The summed E-state index contributed by atoms with van der Waals surface area (Å²) in [7, 11) is 0. The number of benzene rings is 5. The Labute approximate surface area is 162 Å². The van der Waals surface area contributed by atoms with E-state index in [4.69, 9.17) is 0 Å². The second kappa shape index (κ2) is 6.86. The molecule has 0 radical (unpaired) electrons. The van der Waals surface area contributed by atoms with E-state index < -0.39 is 0 Å². The molecule has 1 heteroatoms. The van der Waals surface area contributed by atoms with Crippen LogP contribution in [0.1, 0.15) is 0 Å². The van der Waals surface area contributed by atoms with Gasteiger partial charge in [-0.2, -0.15) is 11.3 Å². The van der Waals surface area contributed by atoms with Gasteiger partial charge in [-0.1, -0.05) is 60.7 Å². The monoisotopic (exact) mass is 362 g/mol. The third-order valence-corrected chi connectivity index (χ3v) is 5.58. The first-order valence-electron chi connectivity index (χ1n) is 9.09. The summed E-state index contributed by atoms with van der Waals surface area (Å²) in [5.74, 6) is 0. The summed E-state index contributed by atoms with van der Waals surface area (Å²) in [5.41, 5.74) is 0. The third-order valence-electron chi connectivity index (χ3n) is 4.95. The zero-order valence-electron chi connectivity index (χ0n) is 14.8. The molecule has 0 unspecified atom stereocenters. The van der Waals surface area contributed by atoms with Gasteiger partial charge in [-0.3, -0.25) is 0 Å². The number of thiophene rings is 1. The van der Waals surface area contributed by atoms with Gasteiger partial charge in [0.2, 0.25) is 0 Å². The van der Waals surface area contributed by atoms with Gasteiger partial charge in [-0.05, 0) is 90.2 Å². The van der Waals surface area contributed by atoms with E-state index in [9.17, 15) is 0 Å². The van der Waals surface area contributed by atoms with E-state index in [1.807, 2.05) is 22.9 Å². The van der Waals surface area contributed by atoms with Crippen LogP contribution < -0.4 is 0 Å². The van der Waals surface area contributed by atoms with Gasteiger partial charge < -0.3 is 0 Å².